The molecule has 0 saturated heterocycles. The van der Waals surface area contributed by atoms with E-state index in [0.717, 1.165) is 34.6 Å². The molecule has 5 nitrogen and oxygen atoms in total. The molecule has 3 aromatic rings. The predicted molar refractivity (Wildman–Crippen MR) is 106 cm³/mol. The number of nitrogens with zero attached hydrogens (tertiary/aromatic N) is 1. The molecule has 0 bridgehead atoms. The van der Waals surface area contributed by atoms with Crippen LogP contribution >= 0.6 is 0 Å². The normalized spacial score (nSPS) is 13.1. The molecule has 4 rings (SSSR count). The number of pyridine rings is 1. The molecule has 0 unspecified atom stereocenters. The van der Waals surface area contributed by atoms with Crippen molar-refractivity contribution in [3.63, 3.8) is 0 Å². The highest BCUT2D eigenvalue weighted by molar-refractivity contribution is 5.77. The van der Waals surface area contributed by atoms with Gasteiger partial charge in [0.1, 0.15) is 0 Å². The van der Waals surface area contributed by atoms with Gasteiger partial charge in [0.05, 0.1) is 0 Å². The van der Waals surface area contributed by atoms with Crippen LogP contribution in [0.15, 0.2) is 73.1 Å². The predicted octanol–water partition coefficient (Wildman–Crippen LogP) is 3.69. The van der Waals surface area contributed by atoms with Crippen LogP contribution in [0.4, 0.5) is 0 Å². The first-order valence-corrected chi connectivity index (χ1v) is 9.40. The Balaban J connectivity index is 1.46. The van der Waals surface area contributed by atoms with Gasteiger partial charge in [0, 0.05) is 31.3 Å². The van der Waals surface area contributed by atoms with E-state index in [4.69, 9.17) is 9.47 Å². The van der Waals surface area contributed by atoms with Gasteiger partial charge in [0.2, 0.25) is 12.7 Å². The number of hydrogen-bond acceptors (Lipinski definition) is 4. The zero-order valence-electron chi connectivity index (χ0n) is 15.5. The van der Waals surface area contributed by atoms with Crippen LogP contribution in [0.1, 0.15) is 29.0 Å². The number of benzene rings is 2. The molecular weight excluding hydrogens is 352 g/mol. The van der Waals surface area contributed by atoms with E-state index in [1.807, 2.05) is 48.5 Å². The van der Waals surface area contributed by atoms with Gasteiger partial charge in [-0.2, -0.15) is 0 Å². The van der Waals surface area contributed by atoms with Gasteiger partial charge in [0.15, 0.2) is 11.5 Å². The summed E-state index contributed by atoms with van der Waals surface area (Å²) in [6.07, 6.45) is 4.69. The number of aromatic nitrogens is 1. The fourth-order valence-corrected chi connectivity index (χ4v) is 3.40. The van der Waals surface area contributed by atoms with E-state index in [0.29, 0.717) is 13.0 Å². The van der Waals surface area contributed by atoms with Gasteiger partial charge in [0.25, 0.3) is 0 Å². The number of rotatable bonds is 7. The standard InChI is InChI=1S/C23H22N2O3/c26-23(25-13-10-17-8-11-24-12-9-17)15-20(18-4-2-1-3-5-18)19-6-7-21-22(14-19)28-16-27-21/h1-9,11-12,14,20H,10,13,15-16H2,(H,25,26)/t20-/m1/s1. The number of ether oxygens (including phenoxy) is 2. The highest BCUT2D eigenvalue weighted by atomic mass is 16.7. The average molecular weight is 374 g/mol. The number of carbonyl (C=O) groups excluding carboxylic acids is 1. The third-order valence-electron chi connectivity index (χ3n) is 4.88. The lowest BCUT2D eigenvalue weighted by Gasteiger charge is -2.18. The van der Waals surface area contributed by atoms with Crippen molar-refractivity contribution in [2.45, 2.75) is 18.8 Å². The van der Waals surface area contributed by atoms with Crippen molar-refractivity contribution in [3.05, 3.63) is 89.7 Å². The Labute approximate surface area is 164 Å². The first-order chi connectivity index (χ1) is 13.8. The maximum atomic E-state index is 12.6. The summed E-state index contributed by atoms with van der Waals surface area (Å²) in [5, 5.41) is 3.04. The molecule has 142 valence electrons. The second-order valence-electron chi connectivity index (χ2n) is 6.74. The van der Waals surface area contributed by atoms with Crippen LogP contribution in [-0.4, -0.2) is 24.2 Å². The van der Waals surface area contributed by atoms with Crippen molar-refractivity contribution in [2.24, 2.45) is 0 Å². The first kappa shape index (κ1) is 18.0. The van der Waals surface area contributed by atoms with Gasteiger partial charge in [-0.1, -0.05) is 36.4 Å². The highest BCUT2D eigenvalue weighted by Gasteiger charge is 2.21. The van der Waals surface area contributed by atoms with E-state index in [1.165, 1.54) is 0 Å². The van der Waals surface area contributed by atoms with Crippen LogP contribution in [0, 0.1) is 0 Å². The van der Waals surface area contributed by atoms with Crippen LogP contribution < -0.4 is 14.8 Å². The molecule has 28 heavy (non-hydrogen) atoms. The maximum absolute atomic E-state index is 12.6. The van der Waals surface area contributed by atoms with Crippen molar-refractivity contribution in [2.75, 3.05) is 13.3 Å². The number of carbonyl (C=O) groups is 1. The summed E-state index contributed by atoms with van der Waals surface area (Å²) < 4.78 is 10.9. The smallest absolute Gasteiger partial charge is 0.231 e. The van der Waals surface area contributed by atoms with Crippen LogP contribution in [0.3, 0.4) is 0 Å². The van der Waals surface area contributed by atoms with Gasteiger partial charge >= 0.3 is 0 Å². The summed E-state index contributed by atoms with van der Waals surface area (Å²) in [6.45, 7) is 0.843. The zero-order chi connectivity index (χ0) is 19.2. The summed E-state index contributed by atoms with van der Waals surface area (Å²) in [6, 6.07) is 19.9. The van der Waals surface area contributed by atoms with E-state index in [2.05, 4.69) is 22.4 Å². The van der Waals surface area contributed by atoms with Crippen LogP contribution in [0.25, 0.3) is 0 Å². The van der Waals surface area contributed by atoms with Gasteiger partial charge in [-0.05, 0) is 47.4 Å². The molecule has 5 heteroatoms. The Morgan fingerprint density at radius 1 is 0.964 bits per heavy atom. The molecule has 1 amide bonds. The number of nitrogens with one attached hydrogen (secondary N) is 1. The Morgan fingerprint density at radius 2 is 1.75 bits per heavy atom. The van der Waals surface area contributed by atoms with E-state index in [-0.39, 0.29) is 18.6 Å². The minimum absolute atomic E-state index is 0.0283. The second kappa shape index (κ2) is 8.57. The summed E-state index contributed by atoms with van der Waals surface area (Å²) in [4.78, 5) is 16.7. The lowest BCUT2D eigenvalue weighted by atomic mass is 9.88. The minimum Gasteiger partial charge on any atom is -0.454 e. The third-order valence-corrected chi connectivity index (χ3v) is 4.88. The first-order valence-electron chi connectivity index (χ1n) is 9.40. The number of hydrogen-bond donors (Lipinski definition) is 1. The Bertz CT molecular complexity index is 929. The monoisotopic (exact) mass is 374 g/mol. The molecule has 1 atom stereocenters. The summed E-state index contributed by atoms with van der Waals surface area (Å²) in [7, 11) is 0. The van der Waals surface area contributed by atoms with Gasteiger partial charge in [-0.25, -0.2) is 0 Å². The fraction of sp³-hybridized carbons (Fsp3) is 0.217. The molecule has 2 heterocycles. The van der Waals surface area contributed by atoms with Crippen LogP contribution in [0.5, 0.6) is 11.5 Å². The van der Waals surface area contributed by atoms with Crippen molar-refractivity contribution in [1.82, 2.24) is 10.3 Å². The van der Waals surface area contributed by atoms with E-state index < -0.39 is 0 Å². The fourth-order valence-electron chi connectivity index (χ4n) is 3.40. The third kappa shape index (κ3) is 4.31. The summed E-state index contributed by atoms with van der Waals surface area (Å²) in [5.41, 5.74) is 3.30. The number of fused-ring (bicyclic) bond motifs is 1. The lowest BCUT2D eigenvalue weighted by molar-refractivity contribution is -0.121. The van der Waals surface area contributed by atoms with Crippen molar-refractivity contribution >= 4 is 5.91 Å². The molecule has 1 aliphatic heterocycles. The Hall–Kier alpha value is -3.34. The quantitative estimate of drug-likeness (QED) is 0.685. The molecule has 0 saturated carbocycles. The SMILES string of the molecule is O=C(C[C@H](c1ccccc1)c1ccc2c(c1)OCO2)NCCc1ccncc1. The van der Waals surface area contributed by atoms with Crippen molar-refractivity contribution < 1.29 is 14.3 Å². The molecule has 2 aromatic carbocycles. The van der Waals surface area contributed by atoms with E-state index in [9.17, 15) is 4.79 Å². The largest absolute Gasteiger partial charge is 0.454 e. The number of amides is 1. The maximum Gasteiger partial charge on any atom is 0.231 e. The van der Waals surface area contributed by atoms with Crippen molar-refractivity contribution in [1.29, 1.82) is 0 Å². The van der Waals surface area contributed by atoms with Gasteiger partial charge < -0.3 is 14.8 Å². The van der Waals surface area contributed by atoms with Crippen LogP contribution in [0.2, 0.25) is 0 Å². The zero-order valence-corrected chi connectivity index (χ0v) is 15.5. The summed E-state index contributed by atoms with van der Waals surface area (Å²) >= 11 is 0. The average Bonchev–Trinajstić information content (AvgIpc) is 3.21. The molecule has 0 aliphatic carbocycles. The molecule has 1 aliphatic rings. The van der Waals surface area contributed by atoms with Gasteiger partial charge in [-0.3, -0.25) is 9.78 Å². The molecule has 1 aromatic heterocycles. The Morgan fingerprint density at radius 3 is 2.57 bits per heavy atom. The van der Waals surface area contributed by atoms with Crippen molar-refractivity contribution in [3.8, 4) is 11.5 Å². The molecule has 1 N–H and O–H groups in total. The minimum atomic E-state index is -0.0448. The molecular formula is C23H22N2O3. The second-order valence-corrected chi connectivity index (χ2v) is 6.74. The molecule has 0 spiro atoms. The molecule has 0 radical (unpaired) electrons. The van der Waals surface area contributed by atoms with Gasteiger partial charge in [-0.15, -0.1) is 0 Å². The lowest BCUT2D eigenvalue weighted by Crippen LogP contribution is -2.27. The molecule has 0 fully saturated rings. The van der Waals surface area contributed by atoms with E-state index >= 15 is 0 Å². The Kier molecular flexibility index (Phi) is 5.52. The van der Waals surface area contributed by atoms with Crippen LogP contribution in [-0.2, 0) is 11.2 Å². The highest BCUT2D eigenvalue weighted by Crippen LogP contribution is 2.37. The summed E-state index contributed by atoms with van der Waals surface area (Å²) in [5.74, 6) is 1.46. The van der Waals surface area contributed by atoms with E-state index in [1.54, 1.807) is 12.4 Å². The topological polar surface area (TPSA) is 60.5 Å².